The van der Waals surface area contributed by atoms with Gasteiger partial charge in [0.25, 0.3) is 5.91 Å². The van der Waals surface area contributed by atoms with Crippen LogP contribution in [0, 0.1) is 6.92 Å². The number of hydrogen-bond donors (Lipinski definition) is 1. The number of nitrogens with zero attached hydrogens (tertiary/aromatic N) is 2. The number of alkyl halides is 3. The van der Waals surface area contributed by atoms with Gasteiger partial charge < -0.3 is 5.32 Å². The number of halogens is 4. The van der Waals surface area contributed by atoms with Gasteiger partial charge >= 0.3 is 6.18 Å². The van der Waals surface area contributed by atoms with E-state index >= 15 is 0 Å². The second-order valence-electron chi connectivity index (χ2n) is 8.49. The van der Waals surface area contributed by atoms with Crippen LogP contribution >= 0.6 is 23.5 Å². The molecule has 5 nitrogen and oxygen atoms in total. The van der Waals surface area contributed by atoms with Gasteiger partial charge in [0.2, 0.25) is 0 Å². The molecule has 1 saturated heterocycles. The van der Waals surface area contributed by atoms with Crippen molar-refractivity contribution in [2.45, 2.75) is 37.9 Å². The van der Waals surface area contributed by atoms with Crippen molar-refractivity contribution in [3.8, 4) is 0 Å². The molecule has 0 radical (unpaired) electrons. The number of benzene rings is 2. The Balaban J connectivity index is 1.38. The normalized spacial score (nSPS) is 18.1. The maximum absolute atomic E-state index is 13.2. The van der Waals surface area contributed by atoms with Crippen LogP contribution in [0.3, 0.4) is 0 Å². The molecule has 34 heavy (non-hydrogen) atoms. The van der Waals surface area contributed by atoms with Crippen LogP contribution in [0.15, 0.2) is 41.4 Å². The molecule has 0 atom stereocenters. The average molecular weight is 510 g/mol. The molecule has 1 spiro atoms. The first kappa shape index (κ1) is 24.8. The summed E-state index contributed by atoms with van der Waals surface area (Å²) in [4.78, 5) is 28.2. The first-order valence-electron chi connectivity index (χ1n) is 10.8. The van der Waals surface area contributed by atoms with Crippen LogP contribution in [0.25, 0.3) is 0 Å². The zero-order valence-corrected chi connectivity index (χ0v) is 20.0. The largest absolute Gasteiger partial charge is 0.416 e. The number of nitrogens with one attached hydrogen (secondary N) is 1. The second kappa shape index (κ2) is 9.71. The van der Waals surface area contributed by atoms with E-state index in [1.54, 1.807) is 11.9 Å². The van der Waals surface area contributed by atoms with Crippen LogP contribution in [0.2, 0.25) is 5.02 Å². The lowest BCUT2D eigenvalue weighted by atomic mass is 9.89. The number of carbonyl (C=O) groups excluding carboxylic acids is 2. The van der Waals surface area contributed by atoms with E-state index in [1.807, 2.05) is 25.1 Å². The molecule has 2 aromatic carbocycles. The molecular weight excluding hydrogens is 487 g/mol. The standard InChI is InChI=1S/C24H23ClF3N3O2S/c1-15-10-16(14-32)2-3-17(15)4-9-34-31-7-5-23(6-8-31)22(33)29-21(30-23)18-11-19(24(26,27)28)13-20(25)12-18/h2-3,10-14H,4-9H2,1H3,(H,29,30,33). The van der Waals surface area contributed by atoms with Crippen molar-refractivity contribution in [2.24, 2.45) is 4.99 Å². The molecule has 1 N–H and O–H groups in total. The lowest BCUT2D eigenvalue weighted by Crippen LogP contribution is -2.47. The predicted octanol–water partition coefficient (Wildman–Crippen LogP) is 5.08. The lowest BCUT2D eigenvalue weighted by molar-refractivity contribution is -0.137. The SMILES string of the molecule is Cc1cc(C=O)ccc1CCSN1CCC2(CC1)N=C(c1cc(Cl)cc(C(F)(F)F)c1)NC2=O. The van der Waals surface area contributed by atoms with E-state index in [9.17, 15) is 22.8 Å². The summed E-state index contributed by atoms with van der Waals surface area (Å²) in [5.74, 6) is 0.706. The minimum absolute atomic E-state index is 0.0648. The molecule has 180 valence electrons. The molecule has 2 heterocycles. The quantitative estimate of drug-likeness (QED) is 0.435. The van der Waals surface area contributed by atoms with Crippen molar-refractivity contribution in [1.82, 2.24) is 9.62 Å². The fourth-order valence-electron chi connectivity index (χ4n) is 4.23. The Labute approximate surface area is 204 Å². The van der Waals surface area contributed by atoms with Gasteiger partial charge in [-0.25, -0.2) is 0 Å². The average Bonchev–Trinajstić information content (AvgIpc) is 3.11. The summed E-state index contributed by atoms with van der Waals surface area (Å²) in [6.07, 6.45) is -1.89. The molecular formula is C24H23ClF3N3O2S. The molecule has 10 heteroatoms. The molecule has 0 aliphatic carbocycles. The molecule has 1 amide bonds. The zero-order valence-electron chi connectivity index (χ0n) is 18.4. The van der Waals surface area contributed by atoms with E-state index in [0.717, 1.165) is 36.2 Å². The highest BCUT2D eigenvalue weighted by Gasteiger charge is 2.46. The van der Waals surface area contributed by atoms with Gasteiger partial charge in [-0.2, -0.15) is 13.2 Å². The van der Waals surface area contributed by atoms with E-state index in [2.05, 4.69) is 14.6 Å². The Morgan fingerprint density at radius 2 is 1.94 bits per heavy atom. The van der Waals surface area contributed by atoms with Gasteiger partial charge in [-0.15, -0.1) is 0 Å². The number of aldehydes is 1. The second-order valence-corrected chi connectivity index (χ2v) is 10.1. The van der Waals surface area contributed by atoms with Gasteiger partial charge in [-0.1, -0.05) is 35.7 Å². The molecule has 0 saturated carbocycles. The summed E-state index contributed by atoms with van der Waals surface area (Å²) < 4.78 is 41.7. The Morgan fingerprint density at radius 1 is 1.21 bits per heavy atom. The summed E-state index contributed by atoms with van der Waals surface area (Å²) >= 11 is 7.59. The van der Waals surface area contributed by atoms with Crippen molar-refractivity contribution in [1.29, 1.82) is 0 Å². The number of carbonyl (C=O) groups is 2. The summed E-state index contributed by atoms with van der Waals surface area (Å²) in [5.41, 5.74) is 1.25. The molecule has 2 aliphatic rings. The first-order chi connectivity index (χ1) is 16.1. The molecule has 4 rings (SSSR count). The number of aliphatic imine (C=N–C) groups is 1. The van der Waals surface area contributed by atoms with Crippen LogP contribution in [0.4, 0.5) is 13.2 Å². The number of aryl methyl sites for hydroxylation is 2. The highest BCUT2D eigenvalue weighted by atomic mass is 35.5. The molecule has 0 bridgehead atoms. The third-order valence-electron chi connectivity index (χ3n) is 6.18. The fourth-order valence-corrected chi connectivity index (χ4v) is 5.47. The van der Waals surface area contributed by atoms with E-state index in [4.69, 9.17) is 11.6 Å². The number of amides is 1. The van der Waals surface area contributed by atoms with Gasteiger partial charge in [-0.05, 0) is 61.6 Å². The highest BCUT2D eigenvalue weighted by molar-refractivity contribution is 7.97. The molecule has 2 aromatic rings. The third-order valence-corrected chi connectivity index (χ3v) is 7.51. The summed E-state index contributed by atoms with van der Waals surface area (Å²) in [7, 11) is 0. The van der Waals surface area contributed by atoms with Gasteiger partial charge in [0.15, 0.2) is 0 Å². The Kier molecular flexibility index (Phi) is 7.07. The van der Waals surface area contributed by atoms with Gasteiger partial charge in [0.05, 0.1) is 5.56 Å². The molecule has 1 fully saturated rings. The van der Waals surface area contributed by atoms with Crippen LogP contribution in [0.1, 0.15) is 45.5 Å². The Morgan fingerprint density at radius 3 is 2.59 bits per heavy atom. The maximum Gasteiger partial charge on any atom is 0.416 e. The van der Waals surface area contributed by atoms with E-state index in [1.165, 1.54) is 11.6 Å². The van der Waals surface area contributed by atoms with Gasteiger partial charge in [0, 0.05) is 35.0 Å². The minimum atomic E-state index is -4.54. The van der Waals surface area contributed by atoms with E-state index in [-0.39, 0.29) is 22.3 Å². The summed E-state index contributed by atoms with van der Waals surface area (Å²) in [6, 6.07) is 8.86. The number of amidine groups is 1. The topological polar surface area (TPSA) is 61.8 Å². The summed E-state index contributed by atoms with van der Waals surface area (Å²) in [5, 5.41) is 2.60. The van der Waals surface area contributed by atoms with Crippen molar-refractivity contribution < 1.29 is 22.8 Å². The first-order valence-corrected chi connectivity index (χ1v) is 12.1. The zero-order chi connectivity index (χ0) is 24.5. The van der Waals surface area contributed by atoms with Crippen LogP contribution in [-0.4, -0.2) is 46.7 Å². The number of hydrogen-bond acceptors (Lipinski definition) is 5. The van der Waals surface area contributed by atoms with Crippen molar-refractivity contribution in [3.05, 3.63) is 69.2 Å². The van der Waals surface area contributed by atoms with Crippen LogP contribution in [0.5, 0.6) is 0 Å². The van der Waals surface area contributed by atoms with E-state index in [0.29, 0.717) is 31.5 Å². The van der Waals surface area contributed by atoms with Crippen molar-refractivity contribution in [3.63, 3.8) is 0 Å². The summed E-state index contributed by atoms with van der Waals surface area (Å²) in [6.45, 7) is 3.27. The molecule has 0 aromatic heterocycles. The van der Waals surface area contributed by atoms with Crippen molar-refractivity contribution in [2.75, 3.05) is 18.8 Å². The van der Waals surface area contributed by atoms with Crippen LogP contribution in [-0.2, 0) is 17.4 Å². The predicted molar refractivity (Wildman–Crippen MR) is 127 cm³/mol. The lowest BCUT2D eigenvalue weighted by Gasteiger charge is -2.34. The van der Waals surface area contributed by atoms with Gasteiger partial charge in [-0.3, -0.25) is 18.9 Å². The van der Waals surface area contributed by atoms with Crippen LogP contribution < -0.4 is 5.32 Å². The monoisotopic (exact) mass is 509 g/mol. The number of rotatable bonds is 6. The number of piperidine rings is 1. The maximum atomic E-state index is 13.2. The fraction of sp³-hybridized carbons (Fsp3) is 0.375. The minimum Gasteiger partial charge on any atom is -0.308 e. The Bertz CT molecular complexity index is 1140. The Hall–Kier alpha value is -2.36. The highest BCUT2D eigenvalue weighted by Crippen LogP contribution is 2.36. The molecule has 2 aliphatic heterocycles. The van der Waals surface area contributed by atoms with Crippen molar-refractivity contribution >= 4 is 41.6 Å². The van der Waals surface area contributed by atoms with Gasteiger partial charge in [0.1, 0.15) is 17.7 Å². The third kappa shape index (κ3) is 5.31. The van der Waals surface area contributed by atoms with E-state index < -0.39 is 17.3 Å². The smallest absolute Gasteiger partial charge is 0.308 e. The molecule has 0 unspecified atom stereocenters.